The van der Waals surface area contributed by atoms with Gasteiger partial charge in [-0.3, -0.25) is 14.4 Å². The molecule has 1 aromatic heterocycles. The second-order valence-corrected chi connectivity index (χ2v) is 14.9. The third-order valence-electron chi connectivity index (χ3n) is 6.88. The lowest BCUT2D eigenvalue weighted by Gasteiger charge is -2.41. The molecule has 2 atom stereocenters. The molecule has 1 aromatic carbocycles. The van der Waals surface area contributed by atoms with Gasteiger partial charge in [-0.25, -0.2) is 18.6 Å². The fourth-order valence-electron chi connectivity index (χ4n) is 4.96. The number of amides is 2. The van der Waals surface area contributed by atoms with Gasteiger partial charge in [0, 0.05) is 56.9 Å². The Morgan fingerprint density at radius 3 is 2.20 bits per heavy atom. The number of hydrogen-bond donors (Lipinski definition) is 1. The monoisotopic (exact) mass is 702 g/mol. The second kappa shape index (κ2) is 17.9. The van der Waals surface area contributed by atoms with E-state index in [1.807, 2.05) is 51.1 Å². The van der Waals surface area contributed by atoms with E-state index in [1.54, 1.807) is 31.5 Å². The maximum absolute atomic E-state index is 14.7. The molecular weight excluding hydrogens is 654 g/mol. The van der Waals surface area contributed by atoms with Crippen LogP contribution in [0, 0.1) is 11.3 Å². The summed E-state index contributed by atoms with van der Waals surface area (Å²) in [6.07, 6.45) is 1.79. The van der Waals surface area contributed by atoms with E-state index in [9.17, 15) is 28.0 Å². The zero-order valence-corrected chi connectivity index (χ0v) is 30.4. The zero-order chi connectivity index (χ0) is 37.1. The van der Waals surface area contributed by atoms with Crippen molar-refractivity contribution in [3.05, 3.63) is 84.5 Å². The van der Waals surface area contributed by atoms with E-state index in [2.05, 4.69) is 18.5 Å². The van der Waals surface area contributed by atoms with E-state index >= 15 is 0 Å². The number of alkyl carbamates (subject to hydrolysis) is 1. The molecule has 0 spiro atoms. The molecule has 2 amide bonds. The van der Waals surface area contributed by atoms with Gasteiger partial charge in [0.2, 0.25) is 0 Å². The summed E-state index contributed by atoms with van der Waals surface area (Å²) in [7, 11) is 0. The number of esters is 1. The van der Waals surface area contributed by atoms with Crippen molar-refractivity contribution in [1.29, 1.82) is 0 Å². The lowest BCUT2D eigenvalue weighted by atomic mass is 9.84. The maximum atomic E-state index is 14.7. The number of rotatable bonds is 15. The molecule has 10 nitrogen and oxygen atoms in total. The molecule has 2 unspecified atom stereocenters. The Kier molecular flexibility index (Phi) is 15.0. The summed E-state index contributed by atoms with van der Waals surface area (Å²) in [5, 5.41) is 2.58. The van der Waals surface area contributed by atoms with Crippen LogP contribution in [0.1, 0.15) is 78.5 Å². The average molecular weight is 703 g/mol. The molecule has 13 heteroatoms. The van der Waals surface area contributed by atoms with Gasteiger partial charge in [0.05, 0.1) is 11.7 Å². The number of carbonyl (C=O) groups is 4. The number of halogens is 2. The number of imidazole rings is 1. The molecule has 0 aliphatic rings. The number of nitrogens with one attached hydrogen (secondary N) is 1. The number of nitrogens with zero attached hydrogens (tertiary/aromatic N) is 3. The van der Waals surface area contributed by atoms with Gasteiger partial charge in [0.25, 0.3) is 5.91 Å². The first kappa shape index (κ1) is 40.9. The number of thioether (sulfide) groups is 1. The Labute approximate surface area is 292 Å². The fraction of sp³-hybridized carbons (Fsp3) is 0.472. The van der Waals surface area contributed by atoms with Gasteiger partial charge in [0.15, 0.2) is 11.7 Å². The summed E-state index contributed by atoms with van der Waals surface area (Å²) in [5.41, 5.74) is -0.787. The Hall–Kier alpha value is -4.26. The minimum absolute atomic E-state index is 0.00849. The van der Waals surface area contributed by atoms with E-state index in [4.69, 9.17) is 14.5 Å². The normalized spacial score (nSPS) is 13.2. The van der Waals surface area contributed by atoms with Crippen LogP contribution in [0.5, 0.6) is 0 Å². The van der Waals surface area contributed by atoms with Crippen molar-refractivity contribution >= 4 is 40.4 Å². The minimum atomic E-state index is -0.931. The van der Waals surface area contributed by atoms with E-state index in [0.717, 1.165) is 23.4 Å². The Bertz CT molecular complexity index is 1540. The standard InChI is InChI=1S/C36H48F2N4O6S/c1-23(37)16-29(24(2)38)30-20-41(18-27-14-12-11-13-15-27)33(40-30)32(35(5,6)7)42(31(45)21-47-25(3)43)19-28(22-49-26(4)44)17-39-34(46)48-36(8,9)10/h11-16,20,28,32H,1-2,17-19,21-22H2,3-10H3,(H,39,46)/b29-16+. The molecule has 0 aliphatic carbocycles. The quantitative estimate of drug-likeness (QED) is 0.153. The number of benzene rings is 1. The van der Waals surface area contributed by atoms with E-state index in [-0.39, 0.29) is 41.8 Å². The van der Waals surface area contributed by atoms with Crippen molar-refractivity contribution in [2.75, 3.05) is 25.4 Å². The summed E-state index contributed by atoms with van der Waals surface area (Å²) >= 11 is 1.04. The first-order valence-electron chi connectivity index (χ1n) is 15.7. The molecule has 0 saturated carbocycles. The molecule has 1 heterocycles. The smallest absolute Gasteiger partial charge is 0.407 e. The van der Waals surface area contributed by atoms with Crippen molar-refractivity contribution in [3.8, 4) is 0 Å². The lowest BCUT2D eigenvalue weighted by molar-refractivity contribution is -0.153. The SMILES string of the molecule is C=C(F)/C=C(\C(=C)F)c1cn(Cc2ccccc2)c(C(N(CC(CNC(=O)OC(C)(C)C)CSC(C)=O)C(=O)COC(C)=O)C(C)(C)C)n1. The van der Waals surface area contributed by atoms with E-state index in [1.165, 1.54) is 18.7 Å². The molecule has 49 heavy (non-hydrogen) atoms. The number of ether oxygens (including phenoxy) is 2. The molecular formula is C36H48F2N4O6S. The highest BCUT2D eigenvalue weighted by Gasteiger charge is 2.40. The number of carbonyl (C=O) groups excluding carboxylic acids is 4. The third-order valence-corrected chi connectivity index (χ3v) is 7.92. The summed E-state index contributed by atoms with van der Waals surface area (Å²) in [6.45, 7) is 19.7. The number of aromatic nitrogens is 2. The molecule has 0 bridgehead atoms. The molecule has 2 aromatic rings. The predicted molar refractivity (Wildman–Crippen MR) is 188 cm³/mol. The van der Waals surface area contributed by atoms with Crippen LogP contribution >= 0.6 is 11.8 Å². The first-order chi connectivity index (χ1) is 22.7. The Balaban J connectivity index is 2.79. The van der Waals surface area contributed by atoms with Crippen molar-refractivity contribution in [3.63, 3.8) is 0 Å². The number of allylic oxidation sites excluding steroid dienone is 4. The second-order valence-electron chi connectivity index (χ2n) is 13.7. The van der Waals surface area contributed by atoms with Crippen molar-refractivity contribution in [1.82, 2.24) is 19.8 Å². The summed E-state index contributed by atoms with van der Waals surface area (Å²) in [6, 6.07) is 8.53. The summed E-state index contributed by atoms with van der Waals surface area (Å²) in [5.74, 6) is -2.98. The van der Waals surface area contributed by atoms with Gasteiger partial charge >= 0.3 is 12.1 Å². The van der Waals surface area contributed by atoms with Crippen LogP contribution in [0.2, 0.25) is 0 Å². The molecule has 0 aliphatic heterocycles. The fourth-order valence-corrected chi connectivity index (χ4v) is 5.65. The molecule has 0 radical (unpaired) electrons. The number of hydrogen-bond acceptors (Lipinski definition) is 8. The van der Waals surface area contributed by atoms with Gasteiger partial charge in [-0.2, -0.15) is 0 Å². The van der Waals surface area contributed by atoms with Gasteiger partial charge in [-0.1, -0.05) is 76.0 Å². The highest BCUT2D eigenvalue weighted by Crippen LogP contribution is 2.40. The predicted octanol–water partition coefficient (Wildman–Crippen LogP) is 7.18. The van der Waals surface area contributed by atoms with Gasteiger partial charge in [-0.15, -0.1) is 0 Å². The average Bonchev–Trinajstić information content (AvgIpc) is 3.36. The maximum Gasteiger partial charge on any atom is 0.407 e. The Morgan fingerprint density at radius 2 is 1.69 bits per heavy atom. The molecule has 2 rings (SSSR count). The van der Waals surface area contributed by atoms with Crippen LogP contribution in [0.25, 0.3) is 5.57 Å². The minimum Gasteiger partial charge on any atom is -0.456 e. The van der Waals surface area contributed by atoms with Crippen LogP contribution in [-0.4, -0.2) is 68.6 Å². The Morgan fingerprint density at radius 1 is 1.06 bits per heavy atom. The van der Waals surface area contributed by atoms with Crippen molar-refractivity contribution in [2.45, 2.75) is 73.6 Å². The van der Waals surface area contributed by atoms with Crippen LogP contribution in [0.4, 0.5) is 13.6 Å². The van der Waals surface area contributed by atoms with Gasteiger partial charge < -0.3 is 24.3 Å². The zero-order valence-electron chi connectivity index (χ0n) is 29.6. The van der Waals surface area contributed by atoms with Gasteiger partial charge in [-0.05, 0) is 37.8 Å². The van der Waals surface area contributed by atoms with Crippen LogP contribution in [0.3, 0.4) is 0 Å². The van der Waals surface area contributed by atoms with Crippen molar-refractivity contribution in [2.24, 2.45) is 11.3 Å². The first-order valence-corrected chi connectivity index (χ1v) is 16.7. The highest BCUT2D eigenvalue weighted by atomic mass is 32.2. The molecule has 0 fully saturated rings. The van der Waals surface area contributed by atoms with Crippen LogP contribution in [-0.2, 0) is 30.4 Å². The highest BCUT2D eigenvalue weighted by molar-refractivity contribution is 8.13. The molecule has 268 valence electrons. The third kappa shape index (κ3) is 14.0. The van der Waals surface area contributed by atoms with E-state index < -0.39 is 59.2 Å². The van der Waals surface area contributed by atoms with Crippen LogP contribution in [0.15, 0.2) is 67.4 Å². The topological polar surface area (TPSA) is 120 Å². The molecule has 1 N–H and O–H groups in total. The van der Waals surface area contributed by atoms with Gasteiger partial charge in [0.1, 0.15) is 23.1 Å². The van der Waals surface area contributed by atoms with E-state index in [0.29, 0.717) is 5.82 Å². The largest absolute Gasteiger partial charge is 0.456 e. The summed E-state index contributed by atoms with van der Waals surface area (Å²) in [4.78, 5) is 56.7. The molecule has 0 saturated heterocycles. The van der Waals surface area contributed by atoms with Crippen LogP contribution < -0.4 is 5.32 Å². The van der Waals surface area contributed by atoms with Crippen molar-refractivity contribution < 1.29 is 37.4 Å². The lowest BCUT2D eigenvalue weighted by Crippen LogP contribution is -2.48. The summed E-state index contributed by atoms with van der Waals surface area (Å²) < 4.78 is 41.0.